The summed E-state index contributed by atoms with van der Waals surface area (Å²) in [4.78, 5) is 11.4. The summed E-state index contributed by atoms with van der Waals surface area (Å²) in [6.45, 7) is 2.28. The van der Waals surface area contributed by atoms with Gasteiger partial charge in [0.15, 0.2) is 0 Å². The molecule has 3 heteroatoms. The second kappa shape index (κ2) is 7.97. The molecule has 0 spiro atoms. The van der Waals surface area contributed by atoms with Crippen LogP contribution in [0.15, 0.2) is 24.3 Å². The van der Waals surface area contributed by atoms with Crippen LogP contribution in [0.25, 0.3) is 0 Å². The first kappa shape index (κ1) is 12.8. The molecule has 0 saturated heterocycles. The SMILES string of the molecule is C/C=C/C=C/COC(=O)NC1CCCCC1. The van der Waals surface area contributed by atoms with E-state index in [0.717, 1.165) is 12.8 Å². The van der Waals surface area contributed by atoms with Gasteiger partial charge in [-0.05, 0) is 25.8 Å². The molecule has 0 aromatic carbocycles. The molecular weight excluding hydrogens is 202 g/mol. The lowest BCUT2D eigenvalue weighted by molar-refractivity contribution is 0.151. The van der Waals surface area contributed by atoms with Crippen LogP contribution >= 0.6 is 0 Å². The van der Waals surface area contributed by atoms with E-state index in [4.69, 9.17) is 4.74 Å². The van der Waals surface area contributed by atoms with Crippen LogP contribution in [-0.4, -0.2) is 18.7 Å². The number of carbonyl (C=O) groups excluding carboxylic acids is 1. The lowest BCUT2D eigenvalue weighted by Crippen LogP contribution is -2.36. The fourth-order valence-corrected chi connectivity index (χ4v) is 1.82. The second-order valence-corrected chi connectivity index (χ2v) is 4.03. The smallest absolute Gasteiger partial charge is 0.407 e. The van der Waals surface area contributed by atoms with Gasteiger partial charge < -0.3 is 10.1 Å². The fraction of sp³-hybridized carbons (Fsp3) is 0.615. The molecule has 1 aliphatic carbocycles. The second-order valence-electron chi connectivity index (χ2n) is 4.03. The Morgan fingerprint density at radius 2 is 2.06 bits per heavy atom. The van der Waals surface area contributed by atoms with Crippen LogP contribution in [0.2, 0.25) is 0 Å². The number of hydrogen-bond donors (Lipinski definition) is 1. The van der Waals surface area contributed by atoms with Crippen molar-refractivity contribution < 1.29 is 9.53 Å². The van der Waals surface area contributed by atoms with Crippen molar-refractivity contribution in [2.24, 2.45) is 0 Å². The van der Waals surface area contributed by atoms with E-state index in [1.165, 1.54) is 19.3 Å². The summed E-state index contributed by atoms with van der Waals surface area (Å²) in [6, 6.07) is 0.320. The van der Waals surface area contributed by atoms with E-state index in [1.54, 1.807) is 0 Å². The highest BCUT2D eigenvalue weighted by molar-refractivity contribution is 5.67. The van der Waals surface area contributed by atoms with Gasteiger partial charge in [0.1, 0.15) is 6.61 Å². The van der Waals surface area contributed by atoms with Crippen molar-refractivity contribution in [3.63, 3.8) is 0 Å². The third kappa shape index (κ3) is 5.59. The molecule has 0 unspecified atom stereocenters. The Hall–Kier alpha value is -1.25. The van der Waals surface area contributed by atoms with E-state index in [2.05, 4.69) is 5.32 Å². The Morgan fingerprint density at radius 3 is 2.75 bits per heavy atom. The Bertz CT molecular complexity index is 253. The summed E-state index contributed by atoms with van der Waals surface area (Å²) in [5, 5.41) is 2.90. The molecule has 0 atom stereocenters. The van der Waals surface area contributed by atoms with Crippen LogP contribution in [-0.2, 0) is 4.74 Å². The number of nitrogens with one attached hydrogen (secondary N) is 1. The van der Waals surface area contributed by atoms with Crippen molar-refractivity contribution in [2.75, 3.05) is 6.61 Å². The zero-order valence-electron chi connectivity index (χ0n) is 9.95. The molecule has 90 valence electrons. The standard InChI is InChI=1S/C13H21NO2/c1-2-3-4-8-11-16-13(15)14-12-9-6-5-7-10-12/h2-4,8,12H,5-7,9-11H2,1H3,(H,14,15)/b3-2+,8-4+. The maximum atomic E-state index is 11.4. The third-order valence-electron chi connectivity index (χ3n) is 2.68. The van der Waals surface area contributed by atoms with Gasteiger partial charge >= 0.3 is 6.09 Å². The molecular formula is C13H21NO2. The first-order chi connectivity index (χ1) is 7.83. The molecule has 1 amide bonds. The maximum absolute atomic E-state index is 11.4. The van der Waals surface area contributed by atoms with Crippen LogP contribution in [0.4, 0.5) is 4.79 Å². The fourth-order valence-electron chi connectivity index (χ4n) is 1.82. The summed E-state index contributed by atoms with van der Waals surface area (Å²) in [7, 11) is 0. The molecule has 0 aromatic rings. The lowest BCUT2D eigenvalue weighted by atomic mass is 9.96. The van der Waals surface area contributed by atoms with Crippen molar-refractivity contribution in [1.82, 2.24) is 5.32 Å². The van der Waals surface area contributed by atoms with Gasteiger partial charge in [-0.2, -0.15) is 0 Å². The number of carbonyl (C=O) groups is 1. The molecule has 1 saturated carbocycles. The molecule has 0 bridgehead atoms. The molecule has 1 N–H and O–H groups in total. The number of allylic oxidation sites excluding steroid dienone is 3. The quantitative estimate of drug-likeness (QED) is 0.743. The van der Waals surface area contributed by atoms with Gasteiger partial charge in [-0.3, -0.25) is 0 Å². The molecule has 0 aromatic heterocycles. The number of rotatable bonds is 4. The Kier molecular flexibility index (Phi) is 6.38. The predicted molar refractivity (Wildman–Crippen MR) is 65.3 cm³/mol. The molecule has 16 heavy (non-hydrogen) atoms. The number of hydrogen-bond acceptors (Lipinski definition) is 2. The summed E-state index contributed by atoms with van der Waals surface area (Å²) >= 11 is 0. The van der Waals surface area contributed by atoms with E-state index in [9.17, 15) is 4.79 Å². The van der Waals surface area contributed by atoms with E-state index in [0.29, 0.717) is 12.6 Å². The average molecular weight is 223 g/mol. The van der Waals surface area contributed by atoms with Crippen LogP contribution in [0.3, 0.4) is 0 Å². The zero-order valence-corrected chi connectivity index (χ0v) is 9.95. The predicted octanol–water partition coefficient (Wildman–Crippen LogP) is 3.18. The van der Waals surface area contributed by atoms with Crippen LogP contribution in [0, 0.1) is 0 Å². The highest BCUT2D eigenvalue weighted by Crippen LogP contribution is 2.17. The van der Waals surface area contributed by atoms with Crippen molar-refractivity contribution in [3.8, 4) is 0 Å². The molecule has 1 rings (SSSR count). The Balaban J connectivity index is 2.10. The number of alkyl carbamates (subject to hydrolysis) is 1. The summed E-state index contributed by atoms with van der Waals surface area (Å²) in [5.41, 5.74) is 0. The van der Waals surface area contributed by atoms with Crippen LogP contribution in [0.1, 0.15) is 39.0 Å². The topological polar surface area (TPSA) is 38.3 Å². The summed E-state index contributed by atoms with van der Waals surface area (Å²) in [5.74, 6) is 0. The van der Waals surface area contributed by atoms with Crippen LogP contribution < -0.4 is 5.32 Å². The zero-order chi connectivity index (χ0) is 11.6. The molecule has 0 radical (unpaired) electrons. The van der Waals surface area contributed by atoms with E-state index < -0.39 is 0 Å². The highest BCUT2D eigenvalue weighted by Gasteiger charge is 2.15. The summed E-state index contributed by atoms with van der Waals surface area (Å²) in [6.07, 6.45) is 13.1. The molecule has 0 heterocycles. The molecule has 3 nitrogen and oxygen atoms in total. The molecule has 1 fully saturated rings. The third-order valence-corrected chi connectivity index (χ3v) is 2.68. The largest absolute Gasteiger partial charge is 0.445 e. The normalized spacial score (nSPS) is 18.1. The van der Waals surface area contributed by atoms with E-state index in [-0.39, 0.29) is 6.09 Å². The van der Waals surface area contributed by atoms with Gasteiger partial charge in [0.25, 0.3) is 0 Å². The van der Waals surface area contributed by atoms with Gasteiger partial charge in [0.2, 0.25) is 0 Å². The minimum Gasteiger partial charge on any atom is -0.445 e. The average Bonchev–Trinajstić information content (AvgIpc) is 2.30. The van der Waals surface area contributed by atoms with Crippen molar-refractivity contribution >= 4 is 6.09 Å². The van der Waals surface area contributed by atoms with Gasteiger partial charge in [-0.1, -0.05) is 37.5 Å². The number of ether oxygens (including phenoxy) is 1. The minimum absolute atomic E-state index is 0.294. The number of amides is 1. The Labute approximate surface area is 97.6 Å². The Morgan fingerprint density at radius 1 is 1.31 bits per heavy atom. The van der Waals surface area contributed by atoms with Gasteiger partial charge in [-0.15, -0.1) is 0 Å². The van der Waals surface area contributed by atoms with Crippen molar-refractivity contribution in [2.45, 2.75) is 45.1 Å². The first-order valence-corrected chi connectivity index (χ1v) is 6.04. The molecule has 1 aliphatic rings. The van der Waals surface area contributed by atoms with Gasteiger partial charge in [0, 0.05) is 6.04 Å². The monoisotopic (exact) mass is 223 g/mol. The summed E-state index contributed by atoms with van der Waals surface area (Å²) < 4.78 is 5.02. The lowest BCUT2D eigenvalue weighted by Gasteiger charge is -2.22. The van der Waals surface area contributed by atoms with Gasteiger partial charge in [0.05, 0.1) is 0 Å². The van der Waals surface area contributed by atoms with Crippen molar-refractivity contribution in [1.29, 1.82) is 0 Å². The van der Waals surface area contributed by atoms with Crippen molar-refractivity contribution in [3.05, 3.63) is 24.3 Å². The van der Waals surface area contributed by atoms with Crippen LogP contribution in [0.5, 0.6) is 0 Å². The van der Waals surface area contributed by atoms with E-state index >= 15 is 0 Å². The first-order valence-electron chi connectivity index (χ1n) is 6.04. The minimum atomic E-state index is -0.294. The molecule has 0 aliphatic heterocycles. The maximum Gasteiger partial charge on any atom is 0.407 e. The highest BCUT2D eigenvalue weighted by atomic mass is 16.5. The van der Waals surface area contributed by atoms with E-state index in [1.807, 2.05) is 31.2 Å². The van der Waals surface area contributed by atoms with Gasteiger partial charge in [-0.25, -0.2) is 4.79 Å².